The van der Waals surface area contributed by atoms with Gasteiger partial charge in [0.2, 0.25) is 0 Å². The molecule has 0 aliphatic rings. The average Bonchev–Trinajstić information content (AvgIpc) is 1.99. The highest BCUT2D eigenvalue weighted by Gasteiger charge is 2.09. The number of hydrogen-bond donors (Lipinski definition) is 2. The fourth-order valence-electron chi connectivity index (χ4n) is 0.239. The van der Waals surface area contributed by atoms with Crippen LogP contribution in [0, 0.1) is 0 Å². The van der Waals surface area contributed by atoms with Crippen LogP contribution in [0.5, 0.6) is 0 Å². The lowest BCUT2D eigenvalue weighted by Gasteiger charge is -2.17. The van der Waals surface area contributed by atoms with Crippen LogP contribution >= 0.6 is 21.6 Å². The Labute approximate surface area is 79.6 Å². The Hall–Kier alpha value is 0.815. The second-order valence-corrected chi connectivity index (χ2v) is 4.70. The lowest BCUT2D eigenvalue weighted by molar-refractivity contribution is 0.999. The van der Waals surface area contributed by atoms with E-state index in [0.717, 1.165) is 0 Å². The smallest absolute Gasteiger partial charge is 0.0908 e. The monoisotopic (exact) mass is 182 g/mol. The SMILES string of the molecule is [B]C(CN)SSC([B])C([B])N. The Morgan fingerprint density at radius 2 is 1.73 bits per heavy atom. The maximum absolute atomic E-state index is 5.52. The molecule has 56 valence electrons. The maximum atomic E-state index is 5.52. The second-order valence-electron chi connectivity index (χ2n) is 2.01. The van der Waals surface area contributed by atoms with Gasteiger partial charge in [-0.15, -0.1) is 10.8 Å². The zero-order valence-electron chi connectivity index (χ0n) is 6.14. The van der Waals surface area contributed by atoms with E-state index < -0.39 is 5.94 Å². The largest absolute Gasteiger partial charge is 0.336 e. The molecule has 0 aliphatic carbocycles. The van der Waals surface area contributed by atoms with Gasteiger partial charge < -0.3 is 11.5 Å². The van der Waals surface area contributed by atoms with Crippen LogP contribution in [-0.4, -0.2) is 46.3 Å². The molecule has 0 amide bonds. The van der Waals surface area contributed by atoms with E-state index >= 15 is 0 Å². The predicted molar refractivity (Wildman–Crippen MR) is 57.0 cm³/mol. The Bertz CT molecular complexity index is 105. The molecule has 0 fully saturated rings. The van der Waals surface area contributed by atoms with Crippen molar-refractivity contribution in [3.63, 3.8) is 0 Å². The van der Waals surface area contributed by atoms with Gasteiger partial charge in [0.15, 0.2) is 0 Å². The van der Waals surface area contributed by atoms with Crippen molar-refractivity contribution in [3.05, 3.63) is 0 Å². The number of rotatable bonds is 5. The standard InChI is InChI=1S/C4H9B3N2S2/c5-2(1-8)10-11-4(7)3(6)9/h2-4H,1,8-9H2. The first-order valence-corrected chi connectivity index (χ1v) is 5.40. The summed E-state index contributed by atoms with van der Waals surface area (Å²) in [5, 5.41) is -0.401. The lowest BCUT2D eigenvalue weighted by atomic mass is 9.84. The third-order valence-electron chi connectivity index (χ3n) is 0.902. The molecule has 0 aromatic rings. The molecule has 3 unspecified atom stereocenters. The molecule has 0 aromatic heterocycles. The Morgan fingerprint density at radius 3 is 2.09 bits per heavy atom. The van der Waals surface area contributed by atoms with Crippen LogP contribution in [0.4, 0.5) is 0 Å². The van der Waals surface area contributed by atoms with E-state index in [4.69, 9.17) is 35.0 Å². The molecule has 3 atom stereocenters. The van der Waals surface area contributed by atoms with Gasteiger partial charge in [-0.1, -0.05) is 10.8 Å². The van der Waals surface area contributed by atoms with Gasteiger partial charge >= 0.3 is 0 Å². The van der Waals surface area contributed by atoms with E-state index in [1.54, 1.807) is 0 Å². The van der Waals surface area contributed by atoms with Crippen molar-refractivity contribution in [1.29, 1.82) is 0 Å². The maximum Gasteiger partial charge on any atom is 0.0908 e. The highest BCUT2D eigenvalue weighted by Crippen LogP contribution is 2.28. The zero-order valence-corrected chi connectivity index (χ0v) is 7.78. The first kappa shape index (κ1) is 11.8. The van der Waals surface area contributed by atoms with Crippen LogP contribution in [0.15, 0.2) is 0 Å². The number of hydrogen-bond acceptors (Lipinski definition) is 4. The predicted octanol–water partition coefficient (Wildman–Crippen LogP) is -1.23. The van der Waals surface area contributed by atoms with Crippen LogP contribution < -0.4 is 11.5 Å². The minimum absolute atomic E-state index is 0.107. The van der Waals surface area contributed by atoms with Gasteiger partial charge in [0.25, 0.3) is 0 Å². The van der Waals surface area contributed by atoms with E-state index in [-0.39, 0.29) is 10.3 Å². The fourth-order valence-corrected chi connectivity index (χ4v) is 2.15. The summed E-state index contributed by atoms with van der Waals surface area (Å²) in [6, 6.07) is 0. The first-order chi connectivity index (χ1) is 5.07. The number of nitrogens with two attached hydrogens (primary N) is 2. The fraction of sp³-hybridized carbons (Fsp3) is 1.00. The third kappa shape index (κ3) is 6.02. The molecule has 0 aromatic carbocycles. The quantitative estimate of drug-likeness (QED) is 0.412. The van der Waals surface area contributed by atoms with Gasteiger partial charge in [-0.05, 0) is 22.8 Å². The van der Waals surface area contributed by atoms with E-state index in [1.165, 1.54) is 21.6 Å². The summed E-state index contributed by atoms with van der Waals surface area (Å²) in [5.41, 5.74) is 10.6. The summed E-state index contributed by atoms with van der Waals surface area (Å²) in [6.07, 6.45) is 0. The molecule has 0 heterocycles. The molecule has 0 spiro atoms. The summed E-state index contributed by atoms with van der Waals surface area (Å²) in [6.45, 7) is 0.421. The molecule has 0 aliphatic heterocycles. The third-order valence-corrected chi connectivity index (χ3v) is 3.73. The minimum atomic E-state index is -0.516. The molecule has 4 N–H and O–H groups in total. The van der Waals surface area contributed by atoms with E-state index in [1.807, 2.05) is 0 Å². The molecule has 2 nitrogen and oxygen atoms in total. The van der Waals surface area contributed by atoms with Crippen molar-refractivity contribution in [3.8, 4) is 0 Å². The molecule has 0 rings (SSSR count). The molecule has 0 saturated heterocycles. The minimum Gasteiger partial charge on any atom is -0.336 e. The van der Waals surface area contributed by atoms with Gasteiger partial charge in [-0.25, -0.2) is 0 Å². The molecule has 7 heteroatoms. The molecule has 6 radical (unpaired) electrons. The van der Waals surface area contributed by atoms with Crippen molar-refractivity contribution in [2.45, 2.75) is 16.2 Å². The first-order valence-electron chi connectivity index (χ1n) is 3.12. The Balaban J connectivity index is 3.37. The second kappa shape index (κ2) is 6.34. The van der Waals surface area contributed by atoms with Crippen LogP contribution in [0.3, 0.4) is 0 Å². The van der Waals surface area contributed by atoms with Crippen LogP contribution in [0.1, 0.15) is 0 Å². The molecule has 0 saturated carbocycles. The summed E-state index contributed by atoms with van der Waals surface area (Å²) in [5.74, 6) is -0.516. The molecule has 11 heavy (non-hydrogen) atoms. The van der Waals surface area contributed by atoms with Crippen molar-refractivity contribution >= 4 is 45.1 Å². The molecule has 0 bridgehead atoms. The Morgan fingerprint density at radius 1 is 1.18 bits per heavy atom. The van der Waals surface area contributed by atoms with Gasteiger partial charge in [0.1, 0.15) is 0 Å². The van der Waals surface area contributed by atoms with Crippen molar-refractivity contribution < 1.29 is 0 Å². The average molecular weight is 182 g/mol. The van der Waals surface area contributed by atoms with Gasteiger partial charge in [0, 0.05) is 0 Å². The zero-order chi connectivity index (χ0) is 8.85. The van der Waals surface area contributed by atoms with Crippen LogP contribution in [0.2, 0.25) is 0 Å². The van der Waals surface area contributed by atoms with E-state index in [2.05, 4.69) is 0 Å². The Kier molecular flexibility index (Phi) is 6.81. The highest BCUT2D eigenvalue weighted by atomic mass is 33.1. The lowest BCUT2D eigenvalue weighted by Crippen LogP contribution is -2.32. The summed E-state index contributed by atoms with van der Waals surface area (Å²) >= 11 is 0. The van der Waals surface area contributed by atoms with Gasteiger partial charge in [-0.2, -0.15) is 0 Å². The van der Waals surface area contributed by atoms with Crippen LogP contribution in [-0.2, 0) is 0 Å². The topological polar surface area (TPSA) is 52.0 Å². The van der Waals surface area contributed by atoms with Crippen molar-refractivity contribution in [2.75, 3.05) is 6.54 Å². The highest BCUT2D eigenvalue weighted by molar-refractivity contribution is 8.77. The molecular weight excluding hydrogens is 173 g/mol. The normalized spacial score (nSPS) is 19.1. The van der Waals surface area contributed by atoms with E-state index in [0.29, 0.717) is 6.54 Å². The van der Waals surface area contributed by atoms with Crippen molar-refractivity contribution in [1.82, 2.24) is 0 Å². The van der Waals surface area contributed by atoms with Gasteiger partial charge in [0.05, 0.1) is 23.5 Å². The molecular formula is C4H9B3N2S2. The summed E-state index contributed by atoms with van der Waals surface area (Å²) < 4.78 is 0. The van der Waals surface area contributed by atoms with Crippen molar-refractivity contribution in [2.24, 2.45) is 11.5 Å². The van der Waals surface area contributed by atoms with E-state index in [9.17, 15) is 0 Å². The van der Waals surface area contributed by atoms with Crippen LogP contribution in [0.25, 0.3) is 0 Å². The van der Waals surface area contributed by atoms with Gasteiger partial charge in [-0.3, -0.25) is 0 Å². The summed E-state index contributed by atoms with van der Waals surface area (Å²) in [4.78, 5) is 0. The summed E-state index contributed by atoms with van der Waals surface area (Å²) in [7, 11) is 19.1.